The Morgan fingerprint density at radius 3 is 2.70 bits per heavy atom. The number of rotatable bonds is 7. The van der Waals surface area contributed by atoms with Gasteiger partial charge in [0.25, 0.3) is 11.8 Å². The third kappa shape index (κ3) is 5.12. The third-order valence-corrected chi connectivity index (χ3v) is 4.20. The molecule has 0 bridgehead atoms. The quantitative estimate of drug-likeness (QED) is 0.525. The van der Waals surface area contributed by atoms with Crippen molar-refractivity contribution in [1.82, 2.24) is 20.6 Å². The van der Waals surface area contributed by atoms with Crippen LogP contribution < -0.4 is 15.4 Å². The molecular weight excluding hydrogens is 391 g/mol. The second-order valence-corrected chi connectivity index (χ2v) is 6.45. The largest absolute Gasteiger partial charge is 0.482 e. The standard InChI is InChI=1S/C18H16Cl2N4O3/c19-12-2-4-16(13(20)8-12)27-9-17(25)21-5-6-22-18(26)11-1-3-14-15(7-11)24-10-23-14/h1-4,7-8,10H,5-6,9H2,(H,21,25)(H,22,26)(H,23,24). The van der Waals surface area contributed by atoms with E-state index in [1.807, 2.05) is 0 Å². The number of carbonyl (C=O) groups excluding carboxylic acids is 2. The molecule has 1 aromatic heterocycles. The first kappa shape index (κ1) is 19.0. The van der Waals surface area contributed by atoms with Crippen LogP contribution in [0.4, 0.5) is 0 Å². The Bertz CT molecular complexity index is 974. The molecule has 1 heterocycles. The molecule has 3 aromatic rings. The average molecular weight is 407 g/mol. The van der Waals surface area contributed by atoms with Gasteiger partial charge in [-0.2, -0.15) is 0 Å². The van der Waals surface area contributed by atoms with Gasteiger partial charge in [0.15, 0.2) is 6.61 Å². The van der Waals surface area contributed by atoms with Crippen LogP contribution in [0.1, 0.15) is 10.4 Å². The van der Waals surface area contributed by atoms with Crippen LogP contribution in [0.2, 0.25) is 10.0 Å². The predicted octanol–water partition coefficient (Wildman–Crippen LogP) is 2.79. The first-order chi connectivity index (χ1) is 13.0. The van der Waals surface area contributed by atoms with Gasteiger partial charge in [0.2, 0.25) is 0 Å². The molecule has 0 aliphatic heterocycles. The molecule has 3 N–H and O–H groups in total. The van der Waals surface area contributed by atoms with Gasteiger partial charge < -0.3 is 20.4 Å². The van der Waals surface area contributed by atoms with Crippen molar-refractivity contribution in [3.63, 3.8) is 0 Å². The van der Waals surface area contributed by atoms with Crippen molar-refractivity contribution in [1.29, 1.82) is 0 Å². The van der Waals surface area contributed by atoms with Crippen LogP contribution in [-0.4, -0.2) is 41.5 Å². The lowest BCUT2D eigenvalue weighted by atomic mass is 10.2. The van der Waals surface area contributed by atoms with E-state index in [2.05, 4.69) is 20.6 Å². The van der Waals surface area contributed by atoms with E-state index >= 15 is 0 Å². The minimum Gasteiger partial charge on any atom is -0.482 e. The van der Waals surface area contributed by atoms with Gasteiger partial charge in [0.1, 0.15) is 5.75 Å². The molecule has 0 radical (unpaired) electrons. The SMILES string of the molecule is O=C(COc1ccc(Cl)cc1Cl)NCCNC(=O)c1ccc2nc[nH]c2c1. The third-order valence-electron chi connectivity index (χ3n) is 3.67. The number of amides is 2. The Labute approximate surface area is 165 Å². The zero-order chi connectivity index (χ0) is 19.2. The molecule has 9 heteroatoms. The number of halogens is 2. The van der Waals surface area contributed by atoms with Gasteiger partial charge in [-0.1, -0.05) is 23.2 Å². The van der Waals surface area contributed by atoms with Crippen molar-refractivity contribution in [2.45, 2.75) is 0 Å². The van der Waals surface area contributed by atoms with Gasteiger partial charge in [0, 0.05) is 23.7 Å². The smallest absolute Gasteiger partial charge is 0.258 e. The van der Waals surface area contributed by atoms with Crippen molar-refractivity contribution in [3.05, 3.63) is 58.3 Å². The lowest BCUT2D eigenvalue weighted by Gasteiger charge is -2.09. The van der Waals surface area contributed by atoms with Gasteiger partial charge in [-0.25, -0.2) is 4.98 Å². The highest BCUT2D eigenvalue weighted by molar-refractivity contribution is 6.35. The molecule has 0 saturated heterocycles. The monoisotopic (exact) mass is 406 g/mol. The van der Waals surface area contributed by atoms with Crippen molar-refractivity contribution in [2.75, 3.05) is 19.7 Å². The zero-order valence-electron chi connectivity index (χ0n) is 14.1. The van der Waals surface area contributed by atoms with Crippen LogP contribution >= 0.6 is 23.2 Å². The summed E-state index contributed by atoms with van der Waals surface area (Å²) in [4.78, 5) is 31.0. The molecule has 0 unspecified atom stereocenters. The number of H-pyrrole nitrogens is 1. The minimum atomic E-state index is -0.325. The Morgan fingerprint density at radius 2 is 1.89 bits per heavy atom. The summed E-state index contributed by atoms with van der Waals surface area (Å²) < 4.78 is 5.33. The van der Waals surface area contributed by atoms with E-state index in [9.17, 15) is 9.59 Å². The molecule has 3 rings (SSSR count). The zero-order valence-corrected chi connectivity index (χ0v) is 15.6. The fourth-order valence-electron chi connectivity index (χ4n) is 2.34. The molecule has 7 nitrogen and oxygen atoms in total. The average Bonchev–Trinajstić information content (AvgIpc) is 3.12. The van der Waals surface area contributed by atoms with E-state index in [1.165, 1.54) is 6.07 Å². The fraction of sp³-hybridized carbons (Fsp3) is 0.167. The topological polar surface area (TPSA) is 96.1 Å². The normalized spacial score (nSPS) is 10.6. The van der Waals surface area contributed by atoms with Crippen molar-refractivity contribution < 1.29 is 14.3 Å². The molecule has 0 fully saturated rings. The molecule has 2 aromatic carbocycles. The molecule has 0 aliphatic carbocycles. The van der Waals surface area contributed by atoms with Crippen LogP contribution in [0, 0.1) is 0 Å². The highest BCUT2D eigenvalue weighted by Crippen LogP contribution is 2.27. The second-order valence-electron chi connectivity index (χ2n) is 5.60. The molecule has 0 saturated carbocycles. The number of hydrogen-bond acceptors (Lipinski definition) is 4. The van der Waals surface area contributed by atoms with E-state index in [0.717, 1.165) is 11.0 Å². The number of ether oxygens (including phenoxy) is 1. The Balaban J connectivity index is 1.38. The minimum absolute atomic E-state index is 0.189. The number of nitrogens with zero attached hydrogens (tertiary/aromatic N) is 1. The van der Waals surface area contributed by atoms with Gasteiger partial charge in [-0.15, -0.1) is 0 Å². The first-order valence-electron chi connectivity index (χ1n) is 8.09. The first-order valence-corrected chi connectivity index (χ1v) is 8.84. The molecule has 140 valence electrons. The summed E-state index contributed by atoms with van der Waals surface area (Å²) >= 11 is 11.8. The summed E-state index contributed by atoms with van der Waals surface area (Å²) in [5.41, 5.74) is 2.09. The second kappa shape index (κ2) is 8.75. The van der Waals surface area contributed by atoms with Gasteiger partial charge in [-0.05, 0) is 36.4 Å². The van der Waals surface area contributed by atoms with Crippen LogP contribution in [0.15, 0.2) is 42.7 Å². The summed E-state index contributed by atoms with van der Waals surface area (Å²) in [7, 11) is 0. The van der Waals surface area contributed by atoms with Crippen molar-refractivity contribution >= 4 is 46.0 Å². The number of carbonyl (C=O) groups is 2. The fourth-order valence-corrected chi connectivity index (χ4v) is 2.81. The molecule has 2 amide bonds. The summed E-state index contributed by atoms with van der Waals surface area (Å²) in [6.45, 7) is 0.369. The van der Waals surface area contributed by atoms with E-state index < -0.39 is 0 Å². The Morgan fingerprint density at radius 1 is 1.07 bits per heavy atom. The number of imidazole rings is 1. The summed E-state index contributed by atoms with van der Waals surface area (Å²) in [5, 5.41) is 6.20. The van der Waals surface area contributed by atoms with E-state index in [1.54, 1.807) is 36.7 Å². The Kier molecular flexibility index (Phi) is 6.16. The maximum absolute atomic E-state index is 12.1. The van der Waals surface area contributed by atoms with Crippen molar-refractivity contribution in [3.8, 4) is 5.75 Å². The number of aromatic nitrogens is 2. The number of nitrogens with one attached hydrogen (secondary N) is 3. The predicted molar refractivity (Wildman–Crippen MR) is 103 cm³/mol. The maximum Gasteiger partial charge on any atom is 0.258 e. The summed E-state index contributed by atoms with van der Waals surface area (Å²) in [6, 6.07) is 9.93. The lowest BCUT2D eigenvalue weighted by molar-refractivity contribution is -0.123. The molecule has 27 heavy (non-hydrogen) atoms. The number of aromatic amines is 1. The maximum atomic E-state index is 12.1. The molecule has 0 atom stereocenters. The highest BCUT2D eigenvalue weighted by atomic mass is 35.5. The molecule has 0 aliphatic rings. The van der Waals surface area contributed by atoms with Crippen molar-refractivity contribution in [2.24, 2.45) is 0 Å². The van der Waals surface area contributed by atoms with Crippen LogP contribution in [0.25, 0.3) is 11.0 Å². The molecular formula is C18H16Cl2N4O3. The van der Waals surface area contributed by atoms with E-state index in [-0.39, 0.29) is 31.5 Å². The number of hydrogen-bond donors (Lipinski definition) is 3. The van der Waals surface area contributed by atoms with Gasteiger partial charge >= 0.3 is 0 Å². The van der Waals surface area contributed by atoms with E-state index in [4.69, 9.17) is 27.9 Å². The van der Waals surface area contributed by atoms with Gasteiger partial charge in [0.05, 0.1) is 22.4 Å². The van der Waals surface area contributed by atoms with Gasteiger partial charge in [-0.3, -0.25) is 9.59 Å². The lowest BCUT2D eigenvalue weighted by Crippen LogP contribution is -2.36. The number of fused-ring (bicyclic) bond motifs is 1. The van der Waals surface area contributed by atoms with Crippen LogP contribution in [0.5, 0.6) is 5.75 Å². The number of benzene rings is 2. The molecule has 0 spiro atoms. The van der Waals surface area contributed by atoms with Crippen LogP contribution in [-0.2, 0) is 4.79 Å². The van der Waals surface area contributed by atoms with E-state index in [0.29, 0.717) is 21.4 Å². The Hall–Kier alpha value is -2.77. The highest BCUT2D eigenvalue weighted by Gasteiger charge is 2.08. The summed E-state index contributed by atoms with van der Waals surface area (Å²) in [5.74, 6) is -0.183. The summed E-state index contributed by atoms with van der Waals surface area (Å²) in [6.07, 6.45) is 1.57. The van der Waals surface area contributed by atoms with Crippen LogP contribution in [0.3, 0.4) is 0 Å².